The first kappa shape index (κ1) is 17.6. The molecule has 0 bridgehead atoms. The fraction of sp³-hybridized carbons (Fsp3) is 0.333. The van der Waals surface area contributed by atoms with Gasteiger partial charge in [-0.05, 0) is 49.0 Å². The lowest BCUT2D eigenvalue weighted by atomic mass is 10.2. The van der Waals surface area contributed by atoms with Crippen LogP contribution in [0.5, 0.6) is 5.75 Å². The van der Waals surface area contributed by atoms with Crippen LogP contribution < -0.4 is 0 Å². The fourth-order valence-electron chi connectivity index (χ4n) is 2.06. The SMILES string of the molecule is C.CCN(CC)Cc1ccccc1Sc1ccc(O)cc1. The zero-order chi connectivity index (χ0) is 14.4. The van der Waals surface area contributed by atoms with Crippen LogP contribution in [-0.4, -0.2) is 23.1 Å². The van der Waals surface area contributed by atoms with E-state index in [4.69, 9.17) is 0 Å². The Morgan fingerprint density at radius 2 is 1.57 bits per heavy atom. The molecule has 0 unspecified atom stereocenters. The molecule has 2 aromatic rings. The third-order valence-electron chi connectivity index (χ3n) is 3.33. The molecule has 21 heavy (non-hydrogen) atoms. The Labute approximate surface area is 132 Å². The molecule has 0 heterocycles. The van der Waals surface area contributed by atoms with Gasteiger partial charge in [-0.2, -0.15) is 0 Å². The van der Waals surface area contributed by atoms with Crippen LogP contribution in [0.1, 0.15) is 26.8 Å². The molecule has 0 saturated carbocycles. The van der Waals surface area contributed by atoms with E-state index in [1.165, 1.54) is 10.5 Å². The maximum absolute atomic E-state index is 9.34. The maximum atomic E-state index is 9.34. The van der Waals surface area contributed by atoms with Crippen LogP contribution in [0.3, 0.4) is 0 Å². The highest BCUT2D eigenvalue weighted by atomic mass is 32.2. The Kier molecular flexibility index (Phi) is 7.34. The molecular formula is C18H25NOS. The van der Waals surface area contributed by atoms with Crippen molar-refractivity contribution >= 4 is 11.8 Å². The van der Waals surface area contributed by atoms with Crippen LogP contribution in [0.25, 0.3) is 0 Å². The van der Waals surface area contributed by atoms with Crippen molar-refractivity contribution in [2.45, 2.75) is 37.6 Å². The third-order valence-corrected chi connectivity index (χ3v) is 4.45. The van der Waals surface area contributed by atoms with Gasteiger partial charge in [-0.25, -0.2) is 0 Å². The van der Waals surface area contributed by atoms with Gasteiger partial charge in [0.1, 0.15) is 5.75 Å². The molecule has 0 aliphatic rings. The largest absolute Gasteiger partial charge is 0.508 e. The minimum Gasteiger partial charge on any atom is -0.508 e. The van der Waals surface area contributed by atoms with Crippen molar-refractivity contribution in [3.8, 4) is 5.75 Å². The van der Waals surface area contributed by atoms with E-state index in [2.05, 4.69) is 43.0 Å². The van der Waals surface area contributed by atoms with Gasteiger partial charge in [0.05, 0.1) is 0 Å². The first-order chi connectivity index (χ1) is 9.72. The molecule has 2 nitrogen and oxygen atoms in total. The second-order valence-corrected chi connectivity index (χ2v) is 5.78. The maximum Gasteiger partial charge on any atom is 0.115 e. The lowest BCUT2D eigenvalue weighted by molar-refractivity contribution is 0.294. The lowest BCUT2D eigenvalue weighted by Gasteiger charge is -2.19. The van der Waals surface area contributed by atoms with E-state index in [0.717, 1.165) is 24.5 Å². The van der Waals surface area contributed by atoms with E-state index in [1.54, 1.807) is 23.9 Å². The van der Waals surface area contributed by atoms with Gasteiger partial charge >= 0.3 is 0 Å². The molecular weight excluding hydrogens is 278 g/mol. The molecule has 0 aliphatic heterocycles. The summed E-state index contributed by atoms with van der Waals surface area (Å²) in [7, 11) is 0. The van der Waals surface area contributed by atoms with Crippen molar-refractivity contribution < 1.29 is 5.11 Å². The molecule has 0 atom stereocenters. The van der Waals surface area contributed by atoms with Crippen LogP contribution in [-0.2, 0) is 6.54 Å². The molecule has 0 amide bonds. The molecule has 0 aliphatic carbocycles. The smallest absolute Gasteiger partial charge is 0.115 e. The molecule has 0 saturated heterocycles. The minimum absolute atomic E-state index is 0. The summed E-state index contributed by atoms with van der Waals surface area (Å²) in [5.41, 5.74) is 1.36. The number of benzene rings is 2. The summed E-state index contributed by atoms with van der Waals surface area (Å²) in [6.07, 6.45) is 0. The molecule has 1 N–H and O–H groups in total. The lowest BCUT2D eigenvalue weighted by Crippen LogP contribution is -2.22. The number of phenolic OH excluding ortho intramolecular Hbond substituents is 1. The van der Waals surface area contributed by atoms with Gasteiger partial charge in [-0.1, -0.05) is 51.2 Å². The van der Waals surface area contributed by atoms with Crippen LogP contribution in [0.15, 0.2) is 58.3 Å². The monoisotopic (exact) mass is 303 g/mol. The van der Waals surface area contributed by atoms with Crippen molar-refractivity contribution in [1.82, 2.24) is 4.90 Å². The molecule has 2 aromatic carbocycles. The van der Waals surface area contributed by atoms with E-state index in [1.807, 2.05) is 12.1 Å². The zero-order valence-corrected chi connectivity index (χ0v) is 12.9. The summed E-state index contributed by atoms with van der Waals surface area (Å²) in [5, 5.41) is 9.34. The number of nitrogens with zero attached hydrogens (tertiary/aromatic N) is 1. The van der Waals surface area contributed by atoms with Crippen LogP contribution >= 0.6 is 11.8 Å². The summed E-state index contributed by atoms with van der Waals surface area (Å²) in [5.74, 6) is 0.311. The fourth-order valence-corrected chi connectivity index (χ4v) is 3.00. The van der Waals surface area contributed by atoms with Gasteiger partial charge in [0.2, 0.25) is 0 Å². The topological polar surface area (TPSA) is 23.5 Å². The molecule has 114 valence electrons. The van der Waals surface area contributed by atoms with Gasteiger partial charge in [0.15, 0.2) is 0 Å². The second-order valence-electron chi connectivity index (χ2n) is 4.67. The average Bonchev–Trinajstić information content (AvgIpc) is 2.48. The van der Waals surface area contributed by atoms with Crippen molar-refractivity contribution in [3.63, 3.8) is 0 Å². The van der Waals surface area contributed by atoms with E-state index >= 15 is 0 Å². The van der Waals surface area contributed by atoms with Gasteiger partial charge in [0.25, 0.3) is 0 Å². The van der Waals surface area contributed by atoms with E-state index in [0.29, 0.717) is 5.75 Å². The van der Waals surface area contributed by atoms with Gasteiger partial charge < -0.3 is 5.11 Å². The second kappa shape index (κ2) is 8.75. The molecule has 0 fully saturated rings. The first-order valence-corrected chi connectivity index (χ1v) is 7.81. The Bertz CT molecular complexity index is 535. The van der Waals surface area contributed by atoms with Crippen molar-refractivity contribution in [2.24, 2.45) is 0 Å². The zero-order valence-electron chi connectivity index (χ0n) is 12.0. The van der Waals surface area contributed by atoms with Crippen molar-refractivity contribution in [2.75, 3.05) is 13.1 Å². The molecule has 0 radical (unpaired) electrons. The summed E-state index contributed by atoms with van der Waals surface area (Å²) < 4.78 is 0. The Balaban J connectivity index is 0.00000220. The van der Waals surface area contributed by atoms with E-state index in [-0.39, 0.29) is 7.43 Å². The van der Waals surface area contributed by atoms with Gasteiger partial charge in [0, 0.05) is 16.3 Å². The Morgan fingerprint density at radius 3 is 2.19 bits per heavy atom. The number of hydrogen-bond acceptors (Lipinski definition) is 3. The first-order valence-electron chi connectivity index (χ1n) is 7.00. The van der Waals surface area contributed by atoms with Crippen molar-refractivity contribution in [3.05, 3.63) is 54.1 Å². The summed E-state index contributed by atoms with van der Waals surface area (Å²) in [6.45, 7) is 7.50. The highest BCUT2D eigenvalue weighted by Crippen LogP contribution is 2.31. The normalized spacial score (nSPS) is 10.4. The third kappa shape index (κ3) is 5.10. The van der Waals surface area contributed by atoms with Crippen LogP contribution in [0.2, 0.25) is 0 Å². The minimum atomic E-state index is 0. The standard InChI is InChI=1S/C17H21NOS.CH4/c1-3-18(4-2)13-14-7-5-6-8-17(14)20-16-11-9-15(19)10-12-16;/h5-12,19H,3-4,13H2,1-2H3;1H4. The average molecular weight is 303 g/mol. The predicted molar refractivity (Wildman–Crippen MR) is 92.0 cm³/mol. The molecule has 0 aromatic heterocycles. The Morgan fingerprint density at radius 1 is 0.952 bits per heavy atom. The molecule has 3 heteroatoms. The number of hydrogen-bond donors (Lipinski definition) is 1. The number of phenols is 1. The molecule has 2 rings (SSSR count). The highest BCUT2D eigenvalue weighted by Gasteiger charge is 2.07. The number of rotatable bonds is 6. The number of aromatic hydroxyl groups is 1. The summed E-state index contributed by atoms with van der Waals surface area (Å²) >= 11 is 1.75. The predicted octanol–water partition coefficient (Wildman–Crippen LogP) is 5.02. The van der Waals surface area contributed by atoms with Crippen LogP contribution in [0.4, 0.5) is 0 Å². The van der Waals surface area contributed by atoms with E-state index in [9.17, 15) is 5.11 Å². The van der Waals surface area contributed by atoms with Gasteiger partial charge in [-0.15, -0.1) is 0 Å². The van der Waals surface area contributed by atoms with Crippen LogP contribution in [0, 0.1) is 0 Å². The van der Waals surface area contributed by atoms with Crippen molar-refractivity contribution in [1.29, 1.82) is 0 Å². The summed E-state index contributed by atoms with van der Waals surface area (Å²) in [4.78, 5) is 4.84. The van der Waals surface area contributed by atoms with Gasteiger partial charge in [-0.3, -0.25) is 4.90 Å². The van der Waals surface area contributed by atoms with E-state index < -0.39 is 0 Å². The Hall–Kier alpha value is -1.45. The quantitative estimate of drug-likeness (QED) is 0.810. The summed E-state index contributed by atoms with van der Waals surface area (Å²) in [6, 6.07) is 15.9. The molecule has 0 spiro atoms. The highest BCUT2D eigenvalue weighted by molar-refractivity contribution is 7.99.